The molecule has 2 aromatic carbocycles. The van der Waals surface area contributed by atoms with Crippen LogP contribution >= 0.6 is 11.6 Å². The molecule has 0 aliphatic carbocycles. The Morgan fingerprint density at radius 3 is 2.69 bits per heavy atom. The minimum Gasteiger partial charge on any atom is -0.358 e. The highest BCUT2D eigenvalue weighted by Gasteiger charge is 2.46. The van der Waals surface area contributed by atoms with Gasteiger partial charge in [0.25, 0.3) is 0 Å². The topological polar surface area (TPSA) is 75.2 Å². The van der Waals surface area contributed by atoms with Crippen molar-refractivity contribution in [1.82, 2.24) is 9.97 Å². The van der Waals surface area contributed by atoms with E-state index in [4.69, 9.17) is 11.6 Å². The number of rotatable bonds is 5. The van der Waals surface area contributed by atoms with E-state index in [0.717, 1.165) is 0 Å². The van der Waals surface area contributed by atoms with Crippen molar-refractivity contribution in [2.24, 2.45) is 0 Å². The highest BCUT2D eigenvalue weighted by atomic mass is 35.5. The third-order valence-corrected chi connectivity index (χ3v) is 7.47. The fourth-order valence-electron chi connectivity index (χ4n) is 3.88. The van der Waals surface area contributed by atoms with Crippen LogP contribution in [0.3, 0.4) is 0 Å². The number of hydrogen-bond donors (Lipinski definition) is 1. The molecule has 0 amide bonds. The summed E-state index contributed by atoms with van der Waals surface area (Å²) < 4.78 is 65.8. The standard InChI is InChI=1S/C21H20ClF3N4O2S/c1-2-32(30,31)14-6-8-18(29-9-3-4-19(29)21(23,24)25)17(11-14)28-20-15-10-13(22)5-7-16(15)26-12-27-20/h5-8,10-12,19H,2-4,9H2,1H3,(H,26,27,28)/t19-/m1/s1. The lowest BCUT2D eigenvalue weighted by atomic mass is 10.1. The Hall–Kier alpha value is -2.59. The van der Waals surface area contributed by atoms with Crippen LogP contribution in [0.1, 0.15) is 19.8 Å². The monoisotopic (exact) mass is 484 g/mol. The van der Waals surface area contributed by atoms with Crippen LogP contribution in [0.5, 0.6) is 0 Å². The second kappa shape index (κ2) is 8.40. The van der Waals surface area contributed by atoms with Crippen molar-refractivity contribution in [2.75, 3.05) is 22.5 Å². The number of halogens is 4. The van der Waals surface area contributed by atoms with Crippen LogP contribution in [-0.4, -0.2) is 42.9 Å². The number of benzene rings is 2. The fourth-order valence-corrected chi connectivity index (χ4v) is 4.96. The second-order valence-corrected chi connectivity index (χ2v) is 10.2. The first-order valence-electron chi connectivity index (χ1n) is 9.97. The van der Waals surface area contributed by atoms with E-state index in [0.29, 0.717) is 28.2 Å². The van der Waals surface area contributed by atoms with Gasteiger partial charge in [-0.25, -0.2) is 18.4 Å². The number of fused-ring (bicyclic) bond motifs is 1. The predicted octanol–water partition coefficient (Wildman–Crippen LogP) is 5.35. The van der Waals surface area contributed by atoms with Gasteiger partial charge in [-0.2, -0.15) is 13.2 Å². The average Bonchev–Trinajstić information content (AvgIpc) is 3.24. The van der Waals surface area contributed by atoms with Crippen LogP contribution in [0.2, 0.25) is 5.02 Å². The number of aromatic nitrogens is 2. The molecule has 1 N–H and O–H groups in total. The highest BCUT2D eigenvalue weighted by molar-refractivity contribution is 7.91. The first-order chi connectivity index (χ1) is 15.1. The first kappa shape index (κ1) is 22.6. The van der Waals surface area contributed by atoms with E-state index in [1.807, 2.05) is 0 Å². The van der Waals surface area contributed by atoms with Gasteiger partial charge in [-0.1, -0.05) is 18.5 Å². The van der Waals surface area contributed by atoms with E-state index in [9.17, 15) is 21.6 Å². The van der Waals surface area contributed by atoms with Gasteiger partial charge < -0.3 is 10.2 Å². The molecule has 170 valence electrons. The minimum atomic E-state index is -4.41. The van der Waals surface area contributed by atoms with E-state index in [-0.39, 0.29) is 35.0 Å². The number of sulfone groups is 1. The number of alkyl halides is 3. The zero-order chi connectivity index (χ0) is 23.1. The molecule has 6 nitrogen and oxygen atoms in total. The quantitative estimate of drug-likeness (QED) is 0.526. The molecule has 0 bridgehead atoms. The SMILES string of the molecule is CCS(=O)(=O)c1ccc(N2CCC[C@@H]2C(F)(F)F)c(Nc2ncnc3ccc(Cl)cc23)c1. The summed E-state index contributed by atoms with van der Waals surface area (Å²) in [6.07, 6.45) is -2.73. The Bertz CT molecular complexity index is 1270. The number of anilines is 3. The summed E-state index contributed by atoms with van der Waals surface area (Å²) in [6, 6.07) is 7.49. The van der Waals surface area contributed by atoms with Crippen molar-refractivity contribution in [1.29, 1.82) is 0 Å². The molecule has 1 fully saturated rings. The summed E-state index contributed by atoms with van der Waals surface area (Å²) in [4.78, 5) is 9.68. The molecule has 1 aromatic heterocycles. The molecule has 3 aromatic rings. The molecule has 0 unspecified atom stereocenters. The van der Waals surface area contributed by atoms with Crippen LogP contribution in [0.15, 0.2) is 47.6 Å². The fraction of sp³-hybridized carbons (Fsp3) is 0.333. The van der Waals surface area contributed by atoms with Gasteiger partial charge in [-0.05, 0) is 49.2 Å². The molecule has 4 rings (SSSR count). The maximum absolute atomic E-state index is 13.6. The lowest BCUT2D eigenvalue weighted by Gasteiger charge is -2.30. The van der Waals surface area contributed by atoms with Crippen LogP contribution < -0.4 is 10.2 Å². The Morgan fingerprint density at radius 2 is 1.97 bits per heavy atom. The van der Waals surface area contributed by atoms with Crippen molar-refractivity contribution in [3.63, 3.8) is 0 Å². The highest BCUT2D eigenvalue weighted by Crippen LogP contribution is 2.41. The van der Waals surface area contributed by atoms with Gasteiger partial charge in [-0.15, -0.1) is 0 Å². The summed E-state index contributed by atoms with van der Waals surface area (Å²) in [5, 5.41) is 4.04. The molecule has 1 aliphatic rings. The lowest BCUT2D eigenvalue weighted by molar-refractivity contribution is -0.145. The maximum atomic E-state index is 13.6. The first-order valence-corrected chi connectivity index (χ1v) is 12.0. The molecule has 0 spiro atoms. The van der Waals surface area contributed by atoms with Crippen molar-refractivity contribution in [3.05, 3.63) is 47.7 Å². The van der Waals surface area contributed by atoms with Gasteiger partial charge in [0.15, 0.2) is 9.84 Å². The van der Waals surface area contributed by atoms with Crippen molar-refractivity contribution >= 4 is 49.5 Å². The average molecular weight is 485 g/mol. The number of hydrogen-bond acceptors (Lipinski definition) is 6. The second-order valence-electron chi connectivity index (χ2n) is 7.48. The third-order valence-electron chi connectivity index (χ3n) is 5.50. The molecule has 0 radical (unpaired) electrons. The molecule has 1 saturated heterocycles. The zero-order valence-electron chi connectivity index (χ0n) is 17.0. The Labute approximate surface area is 188 Å². The summed E-state index contributed by atoms with van der Waals surface area (Å²) >= 11 is 6.11. The molecule has 1 aliphatic heterocycles. The largest absolute Gasteiger partial charge is 0.408 e. The maximum Gasteiger partial charge on any atom is 0.408 e. The summed E-state index contributed by atoms with van der Waals surface area (Å²) in [5.41, 5.74) is 1.06. The molecule has 1 atom stereocenters. The van der Waals surface area contributed by atoms with Gasteiger partial charge in [0.1, 0.15) is 18.2 Å². The predicted molar refractivity (Wildman–Crippen MR) is 118 cm³/mol. The Balaban J connectivity index is 1.86. The van der Waals surface area contributed by atoms with Crippen LogP contribution in [0.4, 0.5) is 30.4 Å². The molecular formula is C21H20ClF3N4O2S. The van der Waals surface area contributed by atoms with Crippen molar-refractivity contribution < 1.29 is 21.6 Å². The van der Waals surface area contributed by atoms with Crippen molar-refractivity contribution in [2.45, 2.75) is 36.9 Å². The van der Waals surface area contributed by atoms with Gasteiger partial charge in [0, 0.05) is 17.0 Å². The number of nitrogens with zero attached hydrogens (tertiary/aromatic N) is 3. The lowest BCUT2D eigenvalue weighted by Crippen LogP contribution is -2.41. The van der Waals surface area contributed by atoms with E-state index in [1.54, 1.807) is 18.2 Å². The Morgan fingerprint density at radius 1 is 1.19 bits per heavy atom. The van der Waals surface area contributed by atoms with Gasteiger partial charge in [0.05, 0.1) is 27.5 Å². The van der Waals surface area contributed by atoms with Crippen LogP contribution in [0.25, 0.3) is 10.9 Å². The molecule has 0 saturated carbocycles. The van der Waals surface area contributed by atoms with Gasteiger partial charge in [0.2, 0.25) is 0 Å². The van der Waals surface area contributed by atoms with E-state index in [2.05, 4.69) is 15.3 Å². The minimum absolute atomic E-state index is 0.0189. The van der Waals surface area contributed by atoms with Crippen LogP contribution in [-0.2, 0) is 9.84 Å². The van der Waals surface area contributed by atoms with Gasteiger partial charge >= 0.3 is 6.18 Å². The normalized spacial score (nSPS) is 17.2. The third kappa shape index (κ3) is 4.33. The smallest absolute Gasteiger partial charge is 0.358 e. The van der Waals surface area contributed by atoms with E-state index < -0.39 is 22.1 Å². The summed E-state index contributed by atoms with van der Waals surface area (Å²) in [6.45, 7) is 1.71. The molecule has 2 heterocycles. The number of nitrogens with one attached hydrogen (secondary N) is 1. The Kier molecular flexibility index (Phi) is 5.93. The zero-order valence-corrected chi connectivity index (χ0v) is 18.6. The summed E-state index contributed by atoms with van der Waals surface area (Å²) in [7, 11) is -3.58. The molecular weight excluding hydrogens is 465 g/mol. The van der Waals surface area contributed by atoms with E-state index >= 15 is 0 Å². The van der Waals surface area contributed by atoms with E-state index in [1.165, 1.54) is 36.4 Å². The van der Waals surface area contributed by atoms with Gasteiger partial charge in [-0.3, -0.25) is 0 Å². The molecule has 32 heavy (non-hydrogen) atoms. The van der Waals surface area contributed by atoms with Crippen molar-refractivity contribution in [3.8, 4) is 0 Å². The molecule has 11 heteroatoms. The summed E-state index contributed by atoms with van der Waals surface area (Å²) in [5.74, 6) is 0.180. The van der Waals surface area contributed by atoms with Crippen LogP contribution in [0, 0.1) is 0 Å².